The van der Waals surface area contributed by atoms with Crippen LogP contribution in [0, 0.1) is 5.82 Å². The second kappa shape index (κ2) is 12.3. The van der Waals surface area contributed by atoms with Crippen LogP contribution in [-0.2, 0) is 4.74 Å². The predicted molar refractivity (Wildman–Crippen MR) is 141 cm³/mol. The van der Waals surface area contributed by atoms with Gasteiger partial charge in [-0.15, -0.1) is 0 Å². The molecule has 190 valence electrons. The summed E-state index contributed by atoms with van der Waals surface area (Å²) in [6.07, 6.45) is 0.866. The number of morpholine rings is 1. The zero-order valence-electron chi connectivity index (χ0n) is 19.9. The van der Waals surface area contributed by atoms with Crippen molar-refractivity contribution >= 4 is 37.8 Å². The summed E-state index contributed by atoms with van der Waals surface area (Å²) in [6, 6.07) is 12.7. The highest BCUT2D eigenvalue weighted by atomic mass is 79.9. The zero-order chi connectivity index (χ0) is 24.9. The van der Waals surface area contributed by atoms with Crippen LogP contribution in [0.15, 0.2) is 51.4 Å². The molecule has 0 unspecified atom stereocenters. The van der Waals surface area contributed by atoms with E-state index in [9.17, 15) is 14.3 Å². The molecule has 2 fully saturated rings. The van der Waals surface area contributed by atoms with Crippen molar-refractivity contribution in [2.24, 2.45) is 0 Å². The van der Waals surface area contributed by atoms with Gasteiger partial charge in [0.2, 0.25) is 0 Å². The van der Waals surface area contributed by atoms with Crippen molar-refractivity contribution in [3.8, 4) is 0 Å². The molecule has 2 heterocycles. The molecular weight excluding hydrogens is 581 g/mol. The Balaban J connectivity index is 1.37. The van der Waals surface area contributed by atoms with Crippen molar-refractivity contribution < 1.29 is 19.0 Å². The first-order valence-electron chi connectivity index (χ1n) is 12.0. The van der Waals surface area contributed by atoms with Gasteiger partial charge >= 0.3 is 0 Å². The summed E-state index contributed by atoms with van der Waals surface area (Å²) in [7, 11) is 1.82. The van der Waals surface area contributed by atoms with Crippen LogP contribution in [0.4, 0.5) is 4.39 Å². The van der Waals surface area contributed by atoms with Crippen molar-refractivity contribution in [2.45, 2.75) is 24.4 Å². The first-order chi connectivity index (χ1) is 16.8. The van der Waals surface area contributed by atoms with Crippen molar-refractivity contribution in [2.75, 3.05) is 59.6 Å². The van der Waals surface area contributed by atoms with Gasteiger partial charge in [0.25, 0.3) is 5.91 Å². The highest BCUT2D eigenvalue weighted by Gasteiger charge is 2.36. The maximum Gasteiger partial charge on any atom is 0.253 e. The lowest BCUT2D eigenvalue weighted by Crippen LogP contribution is -2.64. The predicted octanol–water partition coefficient (Wildman–Crippen LogP) is 3.97. The molecule has 9 heteroatoms. The van der Waals surface area contributed by atoms with E-state index in [1.54, 1.807) is 4.90 Å². The lowest BCUT2D eigenvalue weighted by molar-refractivity contribution is -0.0817. The fourth-order valence-electron chi connectivity index (χ4n) is 4.99. The smallest absolute Gasteiger partial charge is 0.253 e. The minimum absolute atomic E-state index is 0.0505. The molecule has 0 saturated carbocycles. The van der Waals surface area contributed by atoms with Gasteiger partial charge in [-0.05, 0) is 48.9 Å². The van der Waals surface area contributed by atoms with Gasteiger partial charge in [0.15, 0.2) is 0 Å². The van der Waals surface area contributed by atoms with Gasteiger partial charge in [-0.2, -0.15) is 0 Å². The van der Waals surface area contributed by atoms with Crippen molar-refractivity contribution in [3.05, 3.63) is 68.4 Å². The number of benzene rings is 2. The fourth-order valence-corrected chi connectivity index (χ4v) is 6.28. The van der Waals surface area contributed by atoms with Crippen molar-refractivity contribution in [3.63, 3.8) is 0 Å². The molecule has 1 amide bonds. The van der Waals surface area contributed by atoms with Crippen molar-refractivity contribution in [1.29, 1.82) is 0 Å². The summed E-state index contributed by atoms with van der Waals surface area (Å²) in [5, 5.41) is 9.66. The lowest BCUT2D eigenvalue weighted by atomic mass is 9.93. The minimum Gasteiger partial charge on any atom is -0.395 e. The third-order valence-electron chi connectivity index (χ3n) is 6.98. The molecule has 0 radical (unpaired) electrons. The second-order valence-electron chi connectivity index (χ2n) is 9.44. The maximum atomic E-state index is 13.6. The van der Waals surface area contributed by atoms with Gasteiger partial charge in [-0.1, -0.05) is 44.0 Å². The Hall–Kier alpha value is -1.36. The highest BCUT2D eigenvalue weighted by Crippen LogP contribution is 2.27. The van der Waals surface area contributed by atoms with Gasteiger partial charge in [-0.3, -0.25) is 9.69 Å². The molecule has 0 bridgehead atoms. The first kappa shape index (κ1) is 26.7. The van der Waals surface area contributed by atoms with E-state index in [0.717, 1.165) is 47.1 Å². The highest BCUT2D eigenvalue weighted by molar-refractivity contribution is 9.11. The molecule has 6 nitrogen and oxygen atoms in total. The Morgan fingerprint density at radius 3 is 2.54 bits per heavy atom. The second-order valence-corrected chi connectivity index (χ2v) is 11.3. The van der Waals surface area contributed by atoms with E-state index in [0.29, 0.717) is 31.4 Å². The molecule has 2 aliphatic rings. The number of aliphatic hydroxyl groups is 1. The Morgan fingerprint density at radius 2 is 1.89 bits per heavy atom. The minimum atomic E-state index is -0.259. The Labute approximate surface area is 223 Å². The first-order valence-corrected chi connectivity index (χ1v) is 13.6. The SMILES string of the molecule is CN(C[C@@H](CCN1CC(N2CCOC[C@H]2CO)C1)c1ccc(F)cc1)C(=O)c1cc(Br)cc(Br)c1. The molecular formula is C26H32Br2FN3O3. The van der Waals surface area contributed by atoms with E-state index < -0.39 is 0 Å². The Kier molecular flexibility index (Phi) is 9.35. The van der Waals surface area contributed by atoms with Crippen LogP contribution >= 0.6 is 31.9 Å². The van der Waals surface area contributed by atoms with E-state index in [-0.39, 0.29) is 30.3 Å². The number of likely N-dealkylation sites (N-methyl/N-ethyl adjacent to an activating group) is 1. The summed E-state index contributed by atoms with van der Waals surface area (Å²) < 4.78 is 20.8. The number of hydrogen-bond donors (Lipinski definition) is 1. The molecule has 2 aromatic rings. The average molecular weight is 613 g/mol. The van der Waals surface area contributed by atoms with Crippen molar-refractivity contribution in [1.82, 2.24) is 14.7 Å². The molecule has 4 rings (SSSR count). The Morgan fingerprint density at radius 1 is 1.20 bits per heavy atom. The van der Waals surface area contributed by atoms with E-state index in [2.05, 4.69) is 41.7 Å². The average Bonchev–Trinajstić information content (AvgIpc) is 2.82. The van der Waals surface area contributed by atoms with E-state index in [1.165, 1.54) is 12.1 Å². The summed E-state index contributed by atoms with van der Waals surface area (Å²) in [5.74, 6) is -0.219. The van der Waals surface area contributed by atoms with Gasteiger partial charge in [0.1, 0.15) is 5.82 Å². The van der Waals surface area contributed by atoms with Crippen LogP contribution in [0.1, 0.15) is 28.3 Å². The maximum absolute atomic E-state index is 13.6. The molecule has 2 aliphatic heterocycles. The number of nitrogens with zero attached hydrogens (tertiary/aromatic N) is 3. The van der Waals surface area contributed by atoms with Crippen LogP contribution in [-0.4, -0.2) is 97.4 Å². The summed E-state index contributed by atoms with van der Waals surface area (Å²) >= 11 is 6.91. The van der Waals surface area contributed by atoms with Gasteiger partial charge < -0.3 is 19.6 Å². The molecule has 0 aromatic heterocycles. The van der Waals surface area contributed by atoms with Crippen LogP contribution in [0.3, 0.4) is 0 Å². The number of rotatable bonds is 9. The quantitative estimate of drug-likeness (QED) is 0.464. The van der Waals surface area contributed by atoms with Crippen LogP contribution in [0.25, 0.3) is 0 Å². The number of carbonyl (C=O) groups is 1. The van der Waals surface area contributed by atoms with E-state index in [4.69, 9.17) is 4.74 Å². The molecule has 0 spiro atoms. The largest absolute Gasteiger partial charge is 0.395 e. The monoisotopic (exact) mass is 611 g/mol. The zero-order valence-corrected chi connectivity index (χ0v) is 23.0. The molecule has 1 N–H and O–H groups in total. The number of carbonyl (C=O) groups excluding carboxylic acids is 1. The summed E-state index contributed by atoms with van der Waals surface area (Å²) in [5.41, 5.74) is 1.65. The molecule has 35 heavy (non-hydrogen) atoms. The van der Waals surface area contributed by atoms with Crippen LogP contribution in [0.5, 0.6) is 0 Å². The number of aliphatic hydroxyl groups excluding tert-OH is 1. The van der Waals surface area contributed by atoms with Gasteiger partial charge in [0, 0.05) is 59.7 Å². The fraction of sp³-hybridized carbons (Fsp3) is 0.500. The number of hydrogen-bond acceptors (Lipinski definition) is 5. The van der Waals surface area contributed by atoms with Crippen LogP contribution in [0.2, 0.25) is 0 Å². The molecule has 2 aromatic carbocycles. The molecule has 0 aliphatic carbocycles. The molecule has 2 saturated heterocycles. The standard InChI is InChI=1S/C26H32Br2FN3O3/c1-30(26(34)20-10-21(27)12-22(28)11-20)13-19(18-2-4-23(29)5-3-18)6-7-31-14-24(15-31)32-8-9-35-17-25(32)16-33/h2-5,10-12,19,24-25,33H,6-9,13-17H2,1H3/t19-,25-/m1/s1. The Bertz CT molecular complexity index is 984. The third-order valence-corrected chi connectivity index (χ3v) is 7.89. The topological polar surface area (TPSA) is 56.3 Å². The number of amides is 1. The van der Waals surface area contributed by atoms with E-state index >= 15 is 0 Å². The summed E-state index contributed by atoms with van der Waals surface area (Å²) in [4.78, 5) is 19.7. The number of likely N-dealkylation sites (tertiary alicyclic amines) is 1. The van der Waals surface area contributed by atoms with Gasteiger partial charge in [-0.25, -0.2) is 4.39 Å². The molecule has 2 atom stereocenters. The van der Waals surface area contributed by atoms with Gasteiger partial charge in [0.05, 0.1) is 25.9 Å². The number of halogens is 3. The lowest BCUT2D eigenvalue weighted by Gasteiger charge is -2.49. The third kappa shape index (κ3) is 6.90. The number of ether oxygens (including phenoxy) is 1. The summed E-state index contributed by atoms with van der Waals surface area (Å²) in [6.45, 7) is 5.67. The van der Waals surface area contributed by atoms with E-state index in [1.807, 2.05) is 37.4 Å². The normalized spacial score (nSPS) is 20.4. The van der Waals surface area contributed by atoms with Crippen LogP contribution < -0.4 is 0 Å².